The van der Waals surface area contributed by atoms with Gasteiger partial charge in [0.25, 0.3) is 0 Å². The van der Waals surface area contributed by atoms with Crippen molar-refractivity contribution in [2.45, 2.75) is 53.9 Å². The van der Waals surface area contributed by atoms with Crippen molar-refractivity contribution < 1.29 is 14.3 Å². The van der Waals surface area contributed by atoms with Crippen molar-refractivity contribution in [3.05, 3.63) is 29.8 Å². The monoisotopic (exact) mass is 320 g/mol. The van der Waals surface area contributed by atoms with Gasteiger partial charge in [-0.1, -0.05) is 45.9 Å². The standard InChI is InChI=1S/C20H32O3/c1-8-23-19(21)20(6,13-14(2)3)18(15(4)5)16-11-9-10-12-17(16)22-7/h9-12,14-15,18H,8,13H2,1-7H3. The minimum Gasteiger partial charge on any atom is -0.496 e. The SMILES string of the molecule is CCOC(=O)C(C)(CC(C)C)C(c1ccccc1OC)C(C)C. The highest BCUT2D eigenvalue weighted by Gasteiger charge is 2.46. The molecule has 1 aromatic carbocycles. The van der Waals surface area contributed by atoms with Crippen LogP contribution in [0.5, 0.6) is 5.75 Å². The van der Waals surface area contributed by atoms with E-state index < -0.39 is 5.41 Å². The average molecular weight is 320 g/mol. The summed E-state index contributed by atoms with van der Waals surface area (Å²) in [4.78, 5) is 12.9. The van der Waals surface area contributed by atoms with Gasteiger partial charge in [-0.05, 0) is 43.7 Å². The molecular weight excluding hydrogens is 288 g/mol. The molecule has 0 aliphatic carbocycles. The van der Waals surface area contributed by atoms with E-state index in [1.165, 1.54) is 0 Å². The summed E-state index contributed by atoms with van der Waals surface area (Å²) in [6, 6.07) is 8.00. The van der Waals surface area contributed by atoms with Crippen LogP contribution in [0.3, 0.4) is 0 Å². The number of carbonyl (C=O) groups excluding carboxylic acids is 1. The topological polar surface area (TPSA) is 35.5 Å². The number of rotatable bonds is 8. The van der Waals surface area contributed by atoms with Gasteiger partial charge in [0.15, 0.2) is 0 Å². The van der Waals surface area contributed by atoms with E-state index in [2.05, 4.69) is 33.8 Å². The van der Waals surface area contributed by atoms with E-state index in [1.54, 1.807) is 7.11 Å². The molecule has 23 heavy (non-hydrogen) atoms. The Labute approximate surface area is 141 Å². The van der Waals surface area contributed by atoms with E-state index in [-0.39, 0.29) is 11.9 Å². The molecule has 0 aromatic heterocycles. The zero-order valence-corrected chi connectivity index (χ0v) is 15.7. The number of para-hydroxylation sites is 1. The van der Waals surface area contributed by atoms with Crippen LogP contribution in [0.4, 0.5) is 0 Å². The maximum absolute atomic E-state index is 12.9. The van der Waals surface area contributed by atoms with Gasteiger partial charge in [0, 0.05) is 5.92 Å². The molecule has 3 heteroatoms. The lowest BCUT2D eigenvalue weighted by atomic mass is 9.64. The number of carbonyl (C=O) groups is 1. The Kier molecular flexibility index (Phi) is 7.11. The second kappa shape index (κ2) is 8.37. The third-order valence-corrected chi connectivity index (χ3v) is 4.40. The highest BCUT2D eigenvalue weighted by molar-refractivity contribution is 5.78. The molecular formula is C20H32O3. The van der Waals surface area contributed by atoms with Gasteiger partial charge in [-0.25, -0.2) is 0 Å². The molecule has 2 unspecified atom stereocenters. The Morgan fingerprint density at radius 1 is 1.17 bits per heavy atom. The van der Waals surface area contributed by atoms with Crippen molar-refractivity contribution >= 4 is 5.97 Å². The van der Waals surface area contributed by atoms with E-state index in [1.807, 2.05) is 32.0 Å². The van der Waals surface area contributed by atoms with Crippen LogP contribution in [-0.4, -0.2) is 19.7 Å². The fourth-order valence-electron chi connectivity index (χ4n) is 3.84. The number of hydrogen-bond acceptors (Lipinski definition) is 3. The summed E-state index contributed by atoms with van der Waals surface area (Å²) in [7, 11) is 1.68. The second-order valence-electron chi connectivity index (χ2n) is 7.20. The maximum Gasteiger partial charge on any atom is 0.312 e. The first-order chi connectivity index (χ1) is 10.8. The fourth-order valence-corrected chi connectivity index (χ4v) is 3.84. The molecule has 3 nitrogen and oxygen atoms in total. The van der Waals surface area contributed by atoms with E-state index in [0.717, 1.165) is 17.7 Å². The summed E-state index contributed by atoms with van der Waals surface area (Å²) >= 11 is 0. The van der Waals surface area contributed by atoms with Crippen LogP contribution < -0.4 is 4.74 Å². The van der Waals surface area contributed by atoms with E-state index in [9.17, 15) is 4.79 Å². The predicted molar refractivity (Wildman–Crippen MR) is 94.8 cm³/mol. The van der Waals surface area contributed by atoms with Crippen molar-refractivity contribution in [1.29, 1.82) is 0 Å². The van der Waals surface area contributed by atoms with Gasteiger partial charge >= 0.3 is 5.97 Å². The third kappa shape index (κ3) is 4.49. The zero-order valence-electron chi connectivity index (χ0n) is 15.7. The van der Waals surface area contributed by atoms with E-state index in [0.29, 0.717) is 18.4 Å². The largest absolute Gasteiger partial charge is 0.496 e. The predicted octanol–water partition coefficient (Wildman–Crippen LogP) is 5.05. The first-order valence-electron chi connectivity index (χ1n) is 8.58. The van der Waals surface area contributed by atoms with E-state index >= 15 is 0 Å². The second-order valence-corrected chi connectivity index (χ2v) is 7.20. The molecule has 0 fully saturated rings. The molecule has 0 spiro atoms. The zero-order chi connectivity index (χ0) is 17.6. The highest BCUT2D eigenvalue weighted by Crippen LogP contribution is 2.48. The van der Waals surface area contributed by atoms with Gasteiger partial charge in [-0.3, -0.25) is 4.79 Å². The van der Waals surface area contributed by atoms with E-state index in [4.69, 9.17) is 9.47 Å². The quantitative estimate of drug-likeness (QED) is 0.629. The van der Waals surface area contributed by atoms with Crippen molar-refractivity contribution in [3.8, 4) is 5.75 Å². The Morgan fingerprint density at radius 2 is 1.78 bits per heavy atom. The Hall–Kier alpha value is -1.51. The van der Waals surface area contributed by atoms with Crippen molar-refractivity contribution in [1.82, 2.24) is 0 Å². The first-order valence-corrected chi connectivity index (χ1v) is 8.58. The van der Waals surface area contributed by atoms with Gasteiger partial charge in [0.1, 0.15) is 5.75 Å². The molecule has 0 N–H and O–H groups in total. The molecule has 0 amide bonds. The average Bonchev–Trinajstić information content (AvgIpc) is 2.47. The van der Waals surface area contributed by atoms with Gasteiger partial charge in [0.2, 0.25) is 0 Å². The lowest BCUT2D eigenvalue weighted by molar-refractivity contribution is -0.158. The summed E-state index contributed by atoms with van der Waals surface area (Å²) in [6.07, 6.45) is 0.784. The van der Waals surface area contributed by atoms with Crippen LogP contribution >= 0.6 is 0 Å². The Bertz CT molecular complexity index is 507. The van der Waals surface area contributed by atoms with Crippen molar-refractivity contribution in [2.24, 2.45) is 17.3 Å². The van der Waals surface area contributed by atoms with Gasteiger partial charge in [0.05, 0.1) is 19.1 Å². The summed E-state index contributed by atoms with van der Waals surface area (Å²) < 4.78 is 11.0. The smallest absolute Gasteiger partial charge is 0.312 e. The number of esters is 1. The molecule has 0 aliphatic heterocycles. The molecule has 0 bridgehead atoms. The lowest BCUT2D eigenvalue weighted by Crippen LogP contribution is -2.40. The minimum atomic E-state index is -0.576. The number of benzene rings is 1. The lowest BCUT2D eigenvalue weighted by Gasteiger charge is -2.40. The summed E-state index contributed by atoms with van der Waals surface area (Å²) in [5, 5.41) is 0. The van der Waals surface area contributed by atoms with Crippen LogP contribution in [0.15, 0.2) is 24.3 Å². The van der Waals surface area contributed by atoms with Crippen LogP contribution in [0.2, 0.25) is 0 Å². The van der Waals surface area contributed by atoms with Crippen LogP contribution in [0, 0.1) is 17.3 Å². The summed E-state index contributed by atoms with van der Waals surface area (Å²) in [5.41, 5.74) is 0.508. The minimum absolute atomic E-state index is 0.0418. The molecule has 0 saturated carbocycles. The summed E-state index contributed by atoms with van der Waals surface area (Å²) in [5.74, 6) is 1.46. The molecule has 0 saturated heterocycles. The molecule has 0 heterocycles. The van der Waals surface area contributed by atoms with Crippen molar-refractivity contribution in [3.63, 3.8) is 0 Å². The Morgan fingerprint density at radius 3 is 2.26 bits per heavy atom. The summed E-state index contributed by atoms with van der Waals surface area (Å²) in [6.45, 7) is 12.9. The molecule has 0 radical (unpaired) electrons. The molecule has 2 atom stereocenters. The highest BCUT2D eigenvalue weighted by atomic mass is 16.5. The maximum atomic E-state index is 12.9. The molecule has 1 aromatic rings. The van der Waals surface area contributed by atoms with Crippen LogP contribution in [-0.2, 0) is 9.53 Å². The molecule has 130 valence electrons. The van der Waals surface area contributed by atoms with Crippen LogP contribution in [0.1, 0.15) is 59.4 Å². The third-order valence-electron chi connectivity index (χ3n) is 4.40. The van der Waals surface area contributed by atoms with Gasteiger partial charge in [-0.2, -0.15) is 0 Å². The Balaban J connectivity index is 3.44. The van der Waals surface area contributed by atoms with Gasteiger partial charge < -0.3 is 9.47 Å². The van der Waals surface area contributed by atoms with Gasteiger partial charge in [-0.15, -0.1) is 0 Å². The first kappa shape index (κ1) is 19.5. The van der Waals surface area contributed by atoms with Crippen molar-refractivity contribution in [2.75, 3.05) is 13.7 Å². The molecule has 0 aliphatic rings. The fraction of sp³-hybridized carbons (Fsp3) is 0.650. The van der Waals surface area contributed by atoms with Crippen LogP contribution in [0.25, 0.3) is 0 Å². The number of hydrogen-bond donors (Lipinski definition) is 0. The number of methoxy groups -OCH3 is 1. The number of ether oxygens (including phenoxy) is 2. The normalized spacial score (nSPS) is 15.3. The molecule has 1 rings (SSSR count).